The molecule has 0 atom stereocenters. The Morgan fingerprint density at radius 2 is 1.68 bits per heavy atom. The van der Waals surface area contributed by atoms with Crippen molar-refractivity contribution < 1.29 is 14.2 Å². The van der Waals surface area contributed by atoms with Crippen LogP contribution in [0.2, 0.25) is 0 Å². The zero-order valence-corrected chi connectivity index (χ0v) is 18.0. The minimum absolute atomic E-state index is 0.664. The summed E-state index contributed by atoms with van der Waals surface area (Å²) in [6.07, 6.45) is 2.77. The Labute approximate surface area is 179 Å². The first-order valence-corrected chi connectivity index (χ1v) is 10.1. The fraction of sp³-hybridized carbons (Fsp3) is 0.174. The molecule has 3 aromatic rings. The van der Waals surface area contributed by atoms with Crippen LogP contribution in [0.25, 0.3) is 0 Å². The number of aliphatic imine (C=N–C) groups is 1. The van der Waals surface area contributed by atoms with Gasteiger partial charge in [0, 0.05) is 6.21 Å². The summed E-state index contributed by atoms with van der Waals surface area (Å²) in [6.45, 7) is 2.74. The van der Waals surface area contributed by atoms with E-state index < -0.39 is 0 Å². The molecule has 0 aromatic heterocycles. The van der Waals surface area contributed by atoms with Crippen LogP contribution in [-0.4, -0.2) is 19.9 Å². The molecule has 4 nitrogen and oxygen atoms in total. The second-order valence-electron chi connectivity index (χ2n) is 6.05. The van der Waals surface area contributed by atoms with E-state index in [1.54, 1.807) is 7.11 Å². The second-order valence-corrected chi connectivity index (χ2v) is 7.21. The SMILES string of the molecule is CCCOc1c(I)cc(C=Nc2ccc(Oc3ccccc3)cc2)cc1OC. The van der Waals surface area contributed by atoms with E-state index in [0.29, 0.717) is 12.4 Å². The molecule has 0 unspecified atom stereocenters. The van der Waals surface area contributed by atoms with Crippen LogP contribution in [0, 0.1) is 3.57 Å². The Hall–Kier alpha value is -2.54. The molecule has 0 amide bonds. The third-order valence-electron chi connectivity index (χ3n) is 3.88. The van der Waals surface area contributed by atoms with Crippen LogP contribution >= 0.6 is 22.6 Å². The third-order valence-corrected chi connectivity index (χ3v) is 4.68. The summed E-state index contributed by atoms with van der Waals surface area (Å²) in [5.41, 5.74) is 1.80. The van der Waals surface area contributed by atoms with E-state index in [4.69, 9.17) is 14.2 Å². The van der Waals surface area contributed by atoms with E-state index in [1.807, 2.05) is 72.9 Å². The van der Waals surface area contributed by atoms with Crippen LogP contribution in [0.1, 0.15) is 18.9 Å². The largest absolute Gasteiger partial charge is 0.493 e. The van der Waals surface area contributed by atoms with Gasteiger partial charge in [0.15, 0.2) is 11.5 Å². The summed E-state index contributed by atoms with van der Waals surface area (Å²) in [4.78, 5) is 4.55. The van der Waals surface area contributed by atoms with Crippen LogP contribution in [0.5, 0.6) is 23.0 Å². The second kappa shape index (κ2) is 10.1. The Balaban J connectivity index is 1.71. The molecule has 28 heavy (non-hydrogen) atoms. The normalized spacial score (nSPS) is 10.8. The van der Waals surface area contributed by atoms with E-state index in [9.17, 15) is 0 Å². The number of methoxy groups -OCH3 is 1. The van der Waals surface area contributed by atoms with Gasteiger partial charge in [-0.05, 0) is 83.1 Å². The molecule has 0 aliphatic rings. The fourth-order valence-corrected chi connectivity index (χ4v) is 3.31. The standard InChI is InChI=1S/C23H22INO3/c1-3-13-27-23-21(24)14-17(15-22(23)26-2)16-25-18-9-11-20(12-10-18)28-19-7-5-4-6-8-19/h4-12,14-16H,3,13H2,1-2H3. The van der Waals surface area contributed by atoms with Crippen molar-refractivity contribution in [2.24, 2.45) is 4.99 Å². The lowest BCUT2D eigenvalue weighted by Gasteiger charge is -2.12. The molecular formula is C23H22INO3. The Morgan fingerprint density at radius 3 is 2.36 bits per heavy atom. The van der Waals surface area contributed by atoms with Crippen molar-refractivity contribution in [1.82, 2.24) is 0 Å². The first-order chi connectivity index (χ1) is 13.7. The molecule has 0 heterocycles. The van der Waals surface area contributed by atoms with Crippen molar-refractivity contribution in [1.29, 1.82) is 0 Å². The topological polar surface area (TPSA) is 40.0 Å². The first-order valence-electron chi connectivity index (χ1n) is 9.07. The molecule has 0 aliphatic carbocycles. The number of nitrogens with zero attached hydrogens (tertiary/aromatic N) is 1. The van der Waals surface area contributed by atoms with E-state index in [1.165, 1.54) is 0 Å². The summed E-state index contributed by atoms with van der Waals surface area (Å²) < 4.78 is 18.1. The van der Waals surface area contributed by atoms with Crippen molar-refractivity contribution in [3.8, 4) is 23.0 Å². The molecule has 0 bridgehead atoms. The molecule has 5 heteroatoms. The molecule has 0 fully saturated rings. The third kappa shape index (κ3) is 5.48. The highest BCUT2D eigenvalue weighted by Gasteiger charge is 2.10. The molecule has 3 aromatic carbocycles. The predicted octanol–water partition coefficient (Wildman–Crippen LogP) is 6.63. The number of para-hydroxylation sites is 1. The lowest BCUT2D eigenvalue weighted by molar-refractivity contribution is 0.292. The van der Waals surface area contributed by atoms with Gasteiger partial charge >= 0.3 is 0 Å². The quantitative estimate of drug-likeness (QED) is 0.265. The van der Waals surface area contributed by atoms with Gasteiger partial charge in [-0.3, -0.25) is 4.99 Å². The molecular weight excluding hydrogens is 465 g/mol. The van der Waals surface area contributed by atoms with Gasteiger partial charge in [0.2, 0.25) is 0 Å². The molecule has 0 radical (unpaired) electrons. The molecule has 0 saturated heterocycles. The van der Waals surface area contributed by atoms with Gasteiger partial charge in [-0.1, -0.05) is 25.1 Å². The van der Waals surface area contributed by atoms with Crippen LogP contribution in [0.4, 0.5) is 5.69 Å². The summed E-state index contributed by atoms with van der Waals surface area (Å²) in [5.74, 6) is 3.09. The van der Waals surface area contributed by atoms with Gasteiger partial charge in [0.1, 0.15) is 11.5 Å². The maximum absolute atomic E-state index is 5.80. The maximum atomic E-state index is 5.80. The monoisotopic (exact) mass is 487 g/mol. The first kappa shape index (κ1) is 20.2. The Kier molecular flexibility index (Phi) is 7.31. The van der Waals surface area contributed by atoms with Gasteiger partial charge in [0.25, 0.3) is 0 Å². The predicted molar refractivity (Wildman–Crippen MR) is 122 cm³/mol. The smallest absolute Gasteiger partial charge is 0.174 e. The highest BCUT2D eigenvalue weighted by molar-refractivity contribution is 14.1. The van der Waals surface area contributed by atoms with Crippen LogP contribution in [-0.2, 0) is 0 Å². The Bertz CT molecular complexity index is 925. The molecule has 0 aliphatic heterocycles. The van der Waals surface area contributed by atoms with Gasteiger partial charge in [-0.25, -0.2) is 0 Å². The molecule has 144 valence electrons. The summed E-state index contributed by atoms with van der Waals surface area (Å²) in [7, 11) is 1.65. The van der Waals surface area contributed by atoms with Crippen LogP contribution in [0.3, 0.4) is 0 Å². The van der Waals surface area contributed by atoms with Crippen molar-refractivity contribution in [3.63, 3.8) is 0 Å². The van der Waals surface area contributed by atoms with Crippen molar-refractivity contribution in [3.05, 3.63) is 75.9 Å². The van der Waals surface area contributed by atoms with Crippen molar-refractivity contribution in [2.45, 2.75) is 13.3 Å². The molecule has 0 saturated carbocycles. The number of ether oxygens (including phenoxy) is 3. The summed E-state index contributed by atoms with van der Waals surface area (Å²) in [6, 6.07) is 21.3. The average molecular weight is 487 g/mol. The highest BCUT2D eigenvalue weighted by atomic mass is 127. The minimum Gasteiger partial charge on any atom is -0.493 e. The summed E-state index contributed by atoms with van der Waals surface area (Å²) >= 11 is 2.26. The molecule has 0 N–H and O–H groups in total. The van der Waals surface area contributed by atoms with Crippen LogP contribution < -0.4 is 14.2 Å². The molecule has 0 spiro atoms. The minimum atomic E-state index is 0.664. The van der Waals surface area contributed by atoms with E-state index >= 15 is 0 Å². The lowest BCUT2D eigenvalue weighted by Crippen LogP contribution is -2.01. The van der Waals surface area contributed by atoms with Gasteiger partial charge in [-0.2, -0.15) is 0 Å². The Morgan fingerprint density at radius 1 is 0.964 bits per heavy atom. The number of halogens is 1. The maximum Gasteiger partial charge on any atom is 0.174 e. The number of hydrogen-bond acceptors (Lipinski definition) is 4. The summed E-state index contributed by atoms with van der Waals surface area (Å²) in [5, 5.41) is 0. The number of rotatable bonds is 8. The van der Waals surface area contributed by atoms with Crippen LogP contribution in [0.15, 0.2) is 71.7 Å². The van der Waals surface area contributed by atoms with E-state index in [0.717, 1.165) is 38.5 Å². The fourth-order valence-electron chi connectivity index (χ4n) is 2.53. The van der Waals surface area contributed by atoms with Gasteiger partial charge in [0.05, 0.1) is 23.0 Å². The van der Waals surface area contributed by atoms with Crippen molar-refractivity contribution in [2.75, 3.05) is 13.7 Å². The average Bonchev–Trinajstić information content (AvgIpc) is 2.73. The zero-order chi connectivity index (χ0) is 19.8. The lowest BCUT2D eigenvalue weighted by atomic mass is 10.2. The zero-order valence-electron chi connectivity index (χ0n) is 15.9. The number of benzene rings is 3. The molecule has 3 rings (SSSR count). The van der Waals surface area contributed by atoms with E-state index in [2.05, 4.69) is 34.5 Å². The van der Waals surface area contributed by atoms with E-state index in [-0.39, 0.29) is 0 Å². The van der Waals surface area contributed by atoms with Gasteiger partial charge in [-0.15, -0.1) is 0 Å². The number of hydrogen-bond donors (Lipinski definition) is 0. The van der Waals surface area contributed by atoms with Gasteiger partial charge < -0.3 is 14.2 Å². The highest BCUT2D eigenvalue weighted by Crippen LogP contribution is 2.34. The van der Waals surface area contributed by atoms with Crippen molar-refractivity contribution >= 4 is 34.5 Å².